The van der Waals surface area contributed by atoms with Crippen molar-refractivity contribution in [1.82, 2.24) is 5.32 Å². The Morgan fingerprint density at radius 3 is 2.58 bits per heavy atom. The molecule has 0 unspecified atom stereocenters. The predicted molar refractivity (Wildman–Crippen MR) is 47.2 cm³/mol. The average Bonchev–Trinajstić information content (AvgIpc) is 2.08. The minimum atomic E-state index is 0.0390. The fraction of sp³-hybridized carbons (Fsp3) is 0.333. The molecule has 3 N–H and O–H groups in total. The summed E-state index contributed by atoms with van der Waals surface area (Å²) in [6, 6.07) is 4.54. The molecule has 66 valence electrons. The van der Waals surface area contributed by atoms with Crippen molar-refractivity contribution in [3.05, 3.63) is 23.8 Å². The number of aromatic hydroxyl groups is 2. The summed E-state index contributed by atoms with van der Waals surface area (Å²) in [5.74, 6) is 0.375. The van der Waals surface area contributed by atoms with Crippen molar-refractivity contribution in [2.75, 3.05) is 7.05 Å². The maximum atomic E-state index is 9.39. The van der Waals surface area contributed by atoms with Gasteiger partial charge >= 0.3 is 0 Å². The Hall–Kier alpha value is -1.22. The Morgan fingerprint density at radius 1 is 1.33 bits per heavy atom. The van der Waals surface area contributed by atoms with E-state index in [-0.39, 0.29) is 17.5 Å². The van der Waals surface area contributed by atoms with E-state index in [0.29, 0.717) is 5.56 Å². The second kappa shape index (κ2) is 3.45. The first-order chi connectivity index (χ1) is 5.65. The molecule has 0 fully saturated rings. The van der Waals surface area contributed by atoms with Crippen LogP contribution in [0, 0.1) is 0 Å². The molecule has 0 aliphatic heterocycles. The highest BCUT2D eigenvalue weighted by molar-refractivity contribution is 5.40. The highest BCUT2D eigenvalue weighted by Crippen LogP contribution is 2.27. The van der Waals surface area contributed by atoms with Gasteiger partial charge in [0.25, 0.3) is 0 Å². The van der Waals surface area contributed by atoms with E-state index in [1.54, 1.807) is 13.1 Å². The predicted octanol–water partition coefficient (Wildman–Crippen LogP) is 1.38. The zero-order valence-corrected chi connectivity index (χ0v) is 7.20. The summed E-state index contributed by atoms with van der Waals surface area (Å²) in [7, 11) is 1.80. The van der Waals surface area contributed by atoms with Crippen LogP contribution in [-0.4, -0.2) is 17.3 Å². The van der Waals surface area contributed by atoms with Crippen molar-refractivity contribution in [3.8, 4) is 11.5 Å². The average molecular weight is 167 g/mol. The summed E-state index contributed by atoms with van der Waals surface area (Å²) in [6.45, 7) is 1.91. The van der Waals surface area contributed by atoms with Crippen LogP contribution < -0.4 is 5.32 Å². The van der Waals surface area contributed by atoms with Crippen LogP contribution in [0.25, 0.3) is 0 Å². The van der Waals surface area contributed by atoms with Gasteiger partial charge in [0.15, 0.2) is 0 Å². The lowest BCUT2D eigenvalue weighted by Crippen LogP contribution is -2.12. The highest BCUT2D eigenvalue weighted by atomic mass is 16.3. The molecule has 1 atom stereocenters. The summed E-state index contributed by atoms with van der Waals surface area (Å²) in [5, 5.41) is 21.5. The Labute approximate surface area is 71.7 Å². The summed E-state index contributed by atoms with van der Waals surface area (Å²) in [5.41, 5.74) is 0.706. The van der Waals surface area contributed by atoms with Gasteiger partial charge < -0.3 is 15.5 Å². The maximum Gasteiger partial charge on any atom is 0.120 e. The molecule has 0 saturated carbocycles. The molecular formula is C9H13NO2. The van der Waals surface area contributed by atoms with E-state index < -0.39 is 0 Å². The third-order valence-corrected chi connectivity index (χ3v) is 1.91. The van der Waals surface area contributed by atoms with E-state index >= 15 is 0 Å². The lowest BCUT2D eigenvalue weighted by Gasteiger charge is -2.12. The van der Waals surface area contributed by atoms with Gasteiger partial charge in [0, 0.05) is 11.6 Å². The van der Waals surface area contributed by atoms with E-state index in [9.17, 15) is 5.11 Å². The van der Waals surface area contributed by atoms with Gasteiger partial charge in [0.2, 0.25) is 0 Å². The number of benzene rings is 1. The molecule has 0 aliphatic rings. The smallest absolute Gasteiger partial charge is 0.120 e. The van der Waals surface area contributed by atoms with Crippen LogP contribution >= 0.6 is 0 Å². The molecule has 1 aromatic rings. The first-order valence-corrected chi connectivity index (χ1v) is 3.84. The van der Waals surface area contributed by atoms with Crippen LogP contribution in [0.2, 0.25) is 0 Å². The number of hydrogen-bond acceptors (Lipinski definition) is 3. The Bertz CT molecular complexity index is 273. The third-order valence-electron chi connectivity index (χ3n) is 1.91. The Morgan fingerprint density at radius 2 is 2.00 bits per heavy atom. The molecule has 0 heterocycles. The number of phenols is 2. The molecule has 3 nitrogen and oxygen atoms in total. The highest BCUT2D eigenvalue weighted by Gasteiger charge is 2.08. The quantitative estimate of drug-likeness (QED) is 0.583. The summed E-state index contributed by atoms with van der Waals surface area (Å²) in [6.07, 6.45) is 0. The van der Waals surface area contributed by atoms with Gasteiger partial charge in [-0.1, -0.05) is 0 Å². The van der Waals surface area contributed by atoms with E-state index in [1.807, 2.05) is 6.92 Å². The molecule has 3 heteroatoms. The van der Waals surface area contributed by atoms with Gasteiger partial charge in [-0.05, 0) is 32.2 Å². The molecule has 0 saturated heterocycles. The van der Waals surface area contributed by atoms with Crippen LogP contribution in [-0.2, 0) is 0 Å². The fourth-order valence-electron chi connectivity index (χ4n) is 1.04. The van der Waals surface area contributed by atoms with Crippen LogP contribution in [0.1, 0.15) is 18.5 Å². The summed E-state index contributed by atoms with van der Waals surface area (Å²) < 4.78 is 0. The molecule has 1 aromatic carbocycles. The first kappa shape index (κ1) is 8.87. The van der Waals surface area contributed by atoms with E-state index in [0.717, 1.165) is 0 Å². The van der Waals surface area contributed by atoms with Crippen molar-refractivity contribution in [2.45, 2.75) is 13.0 Å². The van der Waals surface area contributed by atoms with Gasteiger partial charge in [-0.2, -0.15) is 0 Å². The Kier molecular flexibility index (Phi) is 2.55. The Balaban J connectivity index is 3.04. The number of phenolic OH excluding ortho intramolecular Hbond substituents is 2. The largest absolute Gasteiger partial charge is 0.508 e. The topological polar surface area (TPSA) is 52.5 Å². The van der Waals surface area contributed by atoms with Gasteiger partial charge in [0.05, 0.1) is 0 Å². The molecule has 0 radical (unpaired) electrons. The SMILES string of the molecule is CN[C@@H](C)c1cc(O)ccc1O. The van der Waals surface area contributed by atoms with E-state index in [2.05, 4.69) is 5.32 Å². The van der Waals surface area contributed by atoms with Gasteiger partial charge in [-0.15, -0.1) is 0 Å². The number of rotatable bonds is 2. The van der Waals surface area contributed by atoms with Crippen LogP contribution in [0.5, 0.6) is 11.5 Å². The minimum Gasteiger partial charge on any atom is -0.508 e. The van der Waals surface area contributed by atoms with Crippen LogP contribution in [0.15, 0.2) is 18.2 Å². The zero-order chi connectivity index (χ0) is 9.14. The normalized spacial score (nSPS) is 12.8. The number of nitrogens with one attached hydrogen (secondary N) is 1. The van der Waals surface area contributed by atoms with Crippen LogP contribution in [0.3, 0.4) is 0 Å². The van der Waals surface area contributed by atoms with Crippen LogP contribution in [0.4, 0.5) is 0 Å². The maximum absolute atomic E-state index is 9.39. The molecule has 1 rings (SSSR count). The molecule has 0 spiro atoms. The molecule has 12 heavy (non-hydrogen) atoms. The van der Waals surface area contributed by atoms with Gasteiger partial charge in [0.1, 0.15) is 11.5 Å². The second-order valence-corrected chi connectivity index (χ2v) is 2.75. The van der Waals surface area contributed by atoms with Crippen molar-refractivity contribution in [2.24, 2.45) is 0 Å². The third kappa shape index (κ3) is 1.68. The first-order valence-electron chi connectivity index (χ1n) is 3.84. The van der Waals surface area contributed by atoms with Gasteiger partial charge in [-0.3, -0.25) is 0 Å². The summed E-state index contributed by atoms with van der Waals surface area (Å²) in [4.78, 5) is 0. The second-order valence-electron chi connectivity index (χ2n) is 2.75. The van der Waals surface area contributed by atoms with Crippen molar-refractivity contribution in [1.29, 1.82) is 0 Å². The van der Waals surface area contributed by atoms with Crippen molar-refractivity contribution >= 4 is 0 Å². The molecule has 0 aromatic heterocycles. The monoisotopic (exact) mass is 167 g/mol. The standard InChI is InChI=1S/C9H13NO2/c1-6(10-2)8-5-7(11)3-4-9(8)12/h3-6,10-12H,1-2H3/t6-/m0/s1. The molecule has 0 bridgehead atoms. The minimum absolute atomic E-state index is 0.0390. The lowest BCUT2D eigenvalue weighted by atomic mass is 10.1. The van der Waals surface area contributed by atoms with Crippen molar-refractivity contribution in [3.63, 3.8) is 0 Å². The fourth-order valence-corrected chi connectivity index (χ4v) is 1.04. The van der Waals surface area contributed by atoms with Crippen molar-refractivity contribution < 1.29 is 10.2 Å². The van der Waals surface area contributed by atoms with E-state index in [1.165, 1.54) is 12.1 Å². The van der Waals surface area contributed by atoms with E-state index in [4.69, 9.17) is 5.11 Å². The number of hydrogen-bond donors (Lipinski definition) is 3. The summed E-state index contributed by atoms with van der Waals surface area (Å²) >= 11 is 0. The molecular weight excluding hydrogens is 154 g/mol. The zero-order valence-electron chi connectivity index (χ0n) is 7.20. The lowest BCUT2D eigenvalue weighted by molar-refractivity contribution is 0.445. The molecule has 0 amide bonds. The molecule has 0 aliphatic carbocycles. The van der Waals surface area contributed by atoms with Gasteiger partial charge in [-0.25, -0.2) is 0 Å².